The third kappa shape index (κ3) is 12.8. The van der Waals surface area contributed by atoms with E-state index >= 15 is 4.39 Å². The predicted octanol–water partition coefficient (Wildman–Crippen LogP) is 5.70. The molecule has 5 amide bonds. The summed E-state index contributed by atoms with van der Waals surface area (Å²) >= 11 is 1.57. The zero-order valence-corrected chi connectivity index (χ0v) is 42.1. The van der Waals surface area contributed by atoms with Gasteiger partial charge in [0.2, 0.25) is 29.5 Å². The lowest BCUT2D eigenvalue weighted by Gasteiger charge is -2.35. The van der Waals surface area contributed by atoms with Gasteiger partial charge in [0, 0.05) is 31.9 Å². The molecular formula is C53H68F2N8O7S. The van der Waals surface area contributed by atoms with Crippen molar-refractivity contribution in [2.75, 3.05) is 24.6 Å². The van der Waals surface area contributed by atoms with Gasteiger partial charge >= 0.3 is 0 Å². The first-order chi connectivity index (χ1) is 33.8. The second-order valence-corrected chi connectivity index (χ2v) is 21.2. The van der Waals surface area contributed by atoms with Crippen LogP contribution >= 0.6 is 11.3 Å². The molecule has 0 aliphatic carbocycles. The van der Waals surface area contributed by atoms with Crippen molar-refractivity contribution in [3.63, 3.8) is 0 Å². The van der Waals surface area contributed by atoms with Crippen LogP contribution in [0.1, 0.15) is 113 Å². The van der Waals surface area contributed by atoms with Gasteiger partial charge in [-0.2, -0.15) is 0 Å². The van der Waals surface area contributed by atoms with Gasteiger partial charge < -0.3 is 42.2 Å². The Hall–Kier alpha value is -5.82. The van der Waals surface area contributed by atoms with Crippen molar-refractivity contribution in [2.24, 2.45) is 16.9 Å². The molecule has 1 fully saturated rings. The molecule has 8 N–H and O–H groups in total. The molecule has 1 aromatic heterocycles. The van der Waals surface area contributed by atoms with Crippen LogP contribution in [0.15, 0.2) is 60.1 Å². The van der Waals surface area contributed by atoms with Gasteiger partial charge in [0.25, 0.3) is 0 Å². The lowest BCUT2D eigenvalue weighted by atomic mass is 9.85. The number of ether oxygens (including phenoxy) is 1. The maximum atomic E-state index is 15.9. The molecule has 7 rings (SSSR count). The molecule has 7 atom stereocenters. The number of rotatable bonds is 21. The number of para-hydroxylation sites is 1. The summed E-state index contributed by atoms with van der Waals surface area (Å²) in [6.45, 7) is 9.95. The number of β-amino-alcohol motifs (C(OH)–C–C–N with tert-alkyl or cyclic N) is 1. The fourth-order valence-electron chi connectivity index (χ4n) is 9.94. The van der Waals surface area contributed by atoms with Gasteiger partial charge in [-0.25, -0.2) is 13.8 Å². The minimum atomic E-state index is -0.892. The summed E-state index contributed by atoms with van der Waals surface area (Å²) in [5.74, 6) is -3.80. The van der Waals surface area contributed by atoms with E-state index in [0.29, 0.717) is 44.3 Å². The first-order valence-corrected chi connectivity index (χ1v) is 25.6. The van der Waals surface area contributed by atoms with Crippen molar-refractivity contribution >= 4 is 46.6 Å². The summed E-state index contributed by atoms with van der Waals surface area (Å²) < 4.78 is 36.6. The summed E-state index contributed by atoms with van der Waals surface area (Å²) in [4.78, 5) is 75.3. The van der Waals surface area contributed by atoms with Crippen molar-refractivity contribution < 1.29 is 42.6 Å². The Kier molecular flexibility index (Phi) is 17.3. The normalized spacial score (nSPS) is 20.0. The van der Waals surface area contributed by atoms with E-state index in [1.807, 2.05) is 82.6 Å². The van der Waals surface area contributed by atoms with E-state index < -0.39 is 65.2 Å². The fraction of sp³-hybridized carbons (Fsp3) is 0.509. The number of amides is 5. The van der Waals surface area contributed by atoms with Crippen molar-refractivity contribution in [3.8, 4) is 16.2 Å². The number of thiazole rings is 1. The molecular weight excluding hydrogens is 931 g/mol. The summed E-state index contributed by atoms with van der Waals surface area (Å²) in [6, 6.07) is 11.4. The van der Waals surface area contributed by atoms with Gasteiger partial charge in [-0.05, 0) is 98.2 Å². The van der Waals surface area contributed by atoms with Crippen LogP contribution in [-0.4, -0.2) is 101 Å². The van der Waals surface area contributed by atoms with Crippen LogP contribution in [-0.2, 0) is 43.2 Å². The monoisotopic (exact) mass is 998 g/mol. The number of nitrogens with one attached hydrogen (secondary N) is 3. The number of nitrogens with zero attached hydrogens (tertiary/aromatic N) is 3. The van der Waals surface area contributed by atoms with Crippen LogP contribution in [0.3, 0.4) is 0 Å². The number of aliphatic hydroxyl groups excluding tert-OH is 1. The van der Waals surface area contributed by atoms with Gasteiger partial charge in [-0.1, -0.05) is 76.1 Å². The Morgan fingerprint density at radius 3 is 2.41 bits per heavy atom. The molecule has 1 saturated heterocycles. The maximum Gasteiger partial charge on any atom is 0.244 e. The number of aliphatic hydroxyl groups is 1. The van der Waals surface area contributed by atoms with Crippen LogP contribution in [0.2, 0.25) is 0 Å². The number of benzene rings is 3. The molecule has 3 aromatic carbocycles. The number of unbranched alkanes of at least 4 members (excludes halogenated alkanes) is 3. The Morgan fingerprint density at radius 1 is 0.986 bits per heavy atom. The van der Waals surface area contributed by atoms with Crippen LogP contribution in [0.25, 0.3) is 10.4 Å². The topological polar surface area (TPSA) is 222 Å². The van der Waals surface area contributed by atoms with Crippen molar-refractivity contribution in [1.82, 2.24) is 25.8 Å². The molecule has 18 heteroatoms. The second-order valence-electron chi connectivity index (χ2n) is 20.3. The van der Waals surface area contributed by atoms with Gasteiger partial charge in [-0.3, -0.25) is 28.9 Å². The molecule has 0 unspecified atom stereocenters. The number of carbonyl (C=O) groups excluding carboxylic acids is 5. The Balaban J connectivity index is 0.885. The number of primary amides is 1. The second kappa shape index (κ2) is 23.2. The van der Waals surface area contributed by atoms with Gasteiger partial charge in [0.05, 0.1) is 52.0 Å². The van der Waals surface area contributed by atoms with Crippen molar-refractivity contribution in [2.45, 2.75) is 148 Å². The van der Waals surface area contributed by atoms with E-state index in [4.69, 9.17) is 16.2 Å². The minimum absolute atomic E-state index is 0.0486. The molecule has 3 aliphatic heterocycles. The molecule has 0 spiro atoms. The number of hydrogen-bond donors (Lipinski definition) is 6. The number of likely N-dealkylation sites (tertiary alicyclic amines) is 1. The number of aryl methyl sites for hydroxylation is 3. The summed E-state index contributed by atoms with van der Waals surface area (Å²) in [6.07, 6.45) is 3.45. The van der Waals surface area contributed by atoms with E-state index in [1.54, 1.807) is 11.3 Å². The highest BCUT2D eigenvalue weighted by molar-refractivity contribution is 7.13. The number of carbonyl (C=O) groups is 5. The Morgan fingerprint density at radius 2 is 1.70 bits per heavy atom. The average Bonchev–Trinajstić information content (AvgIpc) is 4.04. The molecule has 4 aromatic rings. The summed E-state index contributed by atoms with van der Waals surface area (Å²) in [5.41, 5.74) is 18.5. The van der Waals surface area contributed by atoms with Gasteiger partial charge in [0.15, 0.2) is 11.6 Å². The zero-order valence-electron chi connectivity index (χ0n) is 41.3. The van der Waals surface area contributed by atoms with Crippen molar-refractivity contribution in [3.05, 3.63) is 99.7 Å². The Labute approximate surface area is 418 Å². The first-order valence-electron chi connectivity index (χ1n) is 24.7. The third-order valence-corrected chi connectivity index (χ3v) is 14.8. The van der Waals surface area contributed by atoms with Gasteiger partial charge in [0.1, 0.15) is 24.5 Å². The molecule has 0 bridgehead atoms. The molecule has 382 valence electrons. The van der Waals surface area contributed by atoms with Crippen LogP contribution in [0.4, 0.5) is 14.5 Å². The van der Waals surface area contributed by atoms with Crippen LogP contribution in [0.5, 0.6) is 5.75 Å². The maximum absolute atomic E-state index is 15.9. The summed E-state index contributed by atoms with van der Waals surface area (Å²) in [5, 5.41) is 20.0. The number of anilines is 1. The number of halogens is 2. The average molecular weight is 999 g/mol. The third-order valence-electron chi connectivity index (χ3n) is 13.8. The van der Waals surface area contributed by atoms with E-state index in [9.17, 15) is 33.5 Å². The molecule has 0 saturated carbocycles. The zero-order chi connectivity index (χ0) is 51.1. The highest BCUT2D eigenvalue weighted by Crippen LogP contribution is 2.39. The Bertz CT molecular complexity index is 2570. The lowest BCUT2D eigenvalue weighted by Crippen LogP contribution is -2.56. The van der Waals surface area contributed by atoms with Crippen molar-refractivity contribution in [1.29, 1.82) is 0 Å². The predicted molar refractivity (Wildman–Crippen MR) is 268 cm³/mol. The molecule has 15 nitrogen and oxygen atoms in total. The molecule has 71 heavy (non-hydrogen) atoms. The number of aromatic nitrogens is 1. The highest BCUT2D eigenvalue weighted by atomic mass is 32.1. The standard InChI is InChI=1S/C53H68F2N8O7S/c1-30(32-14-16-34(17-15-32)47-31(2)59-29-71-47)60-49(66)41-26-39(64)27-62(41)52(69)48(53(3,4)5)58-22-9-7-6-8-11-35-23-37(54)25-43(45(35)55)70-28-38(19-21-44(57)65)61-50(67)42-24-36-13-10-12-33-18-20-40(56)51(68)63(42)46(33)36/h10,12-17,23,25,29-30,38-42,48,58,64H,6-9,11,18-22,24,26-28,56H2,1-5H3,(H2,57,65)(H,60,66)(H,61,67)/t30-,38-,39+,40-,41-,42-,48+/m0/s1. The fourth-order valence-corrected chi connectivity index (χ4v) is 10.8. The lowest BCUT2D eigenvalue weighted by molar-refractivity contribution is -0.142. The first kappa shape index (κ1) is 53.0. The summed E-state index contributed by atoms with van der Waals surface area (Å²) in [7, 11) is 0. The molecule has 4 heterocycles. The van der Waals surface area contributed by atoms with Crippen LogP contribution in [0, 0.1) is 24.0 Å². The quantitative estimate of drug-likeness (QED) is 0.0559. The van der Waals surface area contributed by atoms with E-state index in [1.165, 1.54) is 9.80 Å². The smallest absolute Gasteiger partial charge is 0.244 e. The number of hydrogen-bond acceptors (Lipinski definition) is 11. The SMILES string of the molecule is Cc1ncsc1-c1ccc([C@H](C)NC(=O)[C@@H]2C[C@@H](O)CN2C(=O)[C@@H](NCCCCCCc2cc(F)cc(OC[C@H](CCC(N)=O)NC(=O)[C@@H]3Cc4cccc5c4N3C(=O)[C@@H](N)CC5)c2F)C(C)(C)C)cc1. The molecule has 3 aliphatic rings. The highest BCUT2D eigenvalue weighted by Gasteiger charge is 2.45. The largest absolute Gasteiger partial charge is 0.488 e. The van der Waals surface area contributed by atoms with E-state index in [2.05, 4.69) is 20.9 Å². The molecule has 0 radical (unpaired) electrons. The van der Waals surface area contributed by atoms with E-state index in [-0.39, 0.29) is 80.3 Å². The number of nitrogens with two attached hydrogens (primary N) is 2. The van der Waals surface area contributed by atoms with Gasteiger partial charge in [-0.15, -0.1) is 11.3 Å². The van der Waals surface area contributed by atoms with Crippen LogP contribution < -0.4 is 37.1 Å². The van der Waals surface area contributed by atoms with E-state index in [0.717, 1.165) is 51.4 Å². The minimum Gasteiger partial charge on any atom is -0.488 e.